The molecule has 3 amide bonds. The fourth-order valence-electron chi connectivity index (χ4n) is 4.24. The van der Waals surface area contributed by atoms with E-state index in [-0.39, 0.29) is 22.0 Å². The largest absolute Gasteiger partial charge is 0.379 e. The van der Waals surface area contributed by atoms with Crippen molar-refractivity contribution < 1.29 is 23.5 Å². The number of nitrogens with one attached hydrogen (secondary N) is 2. The first-order valence-corrected chi connectivity index (χ1v) is 12.3. The Balaban J connectivity index is 1.53. The number of carbonyl (C=O) groups is 3. The summed E-state index contributed by atoms with van der Waals surface area (Å²) in [6, 6.07) is 10.0. The quantitative estimate of drug-likeness (QED) is 0.401. The van der Waals surface area contributed by atoms with E-state index >= 15 is 0 Å². The van der Waals surface area contributed by atoms with E-state index in [0.29, 0.717) is 31.1 Å². The van der Waals surface area contributed by atoms with Crippen LogP contribution in [0.3, 0.4) is 0 Å². The second kappa shape index (κ2) is 11.3. The molecule has 0 radical (unpaired) electrons. The molecule has 1 fully saturated rings. The van der Waals surface area contributed by atoms with Crippen molar-refractivity contribution >= 4 is 35.0 Å². The third-order valence-corrected chi connectivity index (χ3v) is 6.28. The number of benzene rings is 2. The van der Waals surface area contributed by atoms with Crippen molar-refractivity contribution in [1.29, 1.82) is 0 Å². The van der Waals surface area contributed by atoms with Gasteiger partial charge in [-0.15, -0.1) is 0 Å². The summed E-state index contributed by atoms with van der Waals surface area (Å²) in [6.07, 6.45) is 1.34. The van der Waals surface area contributed by atoms with Crippen molar-refractivity contribution in [1.82, 2.24) is 19.8 Å². The Hall–Kier alpha value is -3.80. The van der Waals surface area contributed by atoms with Gasteiger partial charge in [0.2, 0.25) is 0 Å². The van der Waals surface area contributed by atoms with E-state index in [9.17, 15) is 18.8 Å². The number of primary amides is 1. The predicted octanol–water partition coefficient (Wildman–Crippen LogP) is 2.86. The molecule has 0 spiro atoms. The number of ether oxygens (including phenoxy) is 1. The van der Waals surface area contributed by atoms with E-state index in [1.165, 1.54) is 17.0 Å². The number of anilines is 1. The molecule has 200 valence electrons. The summed E-state index contributed by atoms with van der Waals surface area (Å²) >= 11 is 5.98. The zero-order valence-corrected chi connectivity index (χ0v) is 21.7. The third kappa shape index (κ3) is 6.36. The number of halogens is 2. The van der Waals surface area contributed by atoms with Crippen LogP contribution in [0.5, 0.6) is 0 Å². The number of nitrogens with zero attached hydrogens (tertiary/aromatic N) is 3. The van der Waals surface area contributed by atoms with Crippen LogP contribution in [0.2, 0.25) is 5.02 Å². The first-order chi connectivity index (χ1) is 18.0. The number of imidazole rings is 1. The summed E-state index contributed by atoms with van der Waals surface area (Å²) in [7, 11) is 0. The minimum Gasteiger partial charge on any atom is -0.379 e. The van der Waals surface area contributed by atoms with Crippen LogP contribution in [0, 0.1) is 5.82 Å². The predicted molar refractivity (Wildman–Crippen MR) is 140 cm³/mol. The number of amides is 3. The van der Waals surface area contributed by atoms with Gasteiger partial charge in [-0.05, 0) is 56.3 Å². The lowest BCUT2D eigenvalue weighted by atomic mass is 10.0. The van der Waals surface area contributed by atoms with E-state index in [4.69, 9.17) is 22.1 Å². The van der Waals surface area contributed by atoms with Gasteiger partial charge in [0.05, 0.1) is 23.8 Å². The molecular formula is C26H28ClFN6O4. The number of morpholine rings is 1. The van der Waals surface area contributed by atoms with Crippen molar-refractivity contribution in [3.05, 3.63) is 76.6 Å². The van der Waals surface area contributed by atoms with Crippen molar-refractivity contribution in [2.24, 2.45) is 5.73 Å². The number of carbonyl (C=O) groups excluding carboxylic acids is 3. The molecule has 2 aromatic carbocycles. The van der Waals surface area contributed by atoms with Gasteiger partial charge in [-0.2, -0.15) is 0 Å². The lowest BCUT2D eigenvalue weighted by molar-refractivity contribution is 0.0268. The van der Waals surface area contributed by atoms with Crippen molar-refractivity contribution in [2.45, 2.75) is 19.4 Å². The highest BCUT2D eigenvalue weighted by Gasteiger charge is 2.30. The van der Waals surface area contributed by atoms with Gasteiger partial charge in [-0.25, -0.2) is 9.37 Å². The average molecular weight is 543 g/mol. The molecule has 10 nitrogen and oxygen atoms in total. The van der Waals surface area contributed by atoms with Crippen LogP contribution in [0.25, 0.3) is 5.69 Å². The van der Waals surface area contributed by atoms with Gasteiger partial charge in [-0.1, -0.05) is 11.6 Å². The monoisotopic (exact) mass is 542 g/mol. The highest BCUT2D eigenvalue weighted by atomic mass is 35.5. The number of rotatable bonds is 8. The maximum atomic E-state index is 13.4. The molecule has 1 aromatic heterocycles. The molecule has 4 rings (SSSR count). The van der Waals surface area contributed by atoms with Gasteiger partial charge < -0.3 is 21.1 Å². The van der Waals surface area contributed by atoms with Crippen LogP contribution in [-0.4, -0.2) is 70.6 Å². The number of hydrogen-bond acceptors (Lipinski definition) is 6. The zero-order chi connectivity index (χ0) is 27.4. The van der Waals surface area contributed by atoms with Crippen LogP contribution < -0.4 is 16.4 Å². The molecule has 1 aliphatic rings. The molecule has 12 heteroatoms. The van der Waals surface area contributed by atoms with Crippen LogP contribution in [-0.2, 0) is 4.74 Å². The Morgan fingerprint density at radius 2 is 1.79 bits per heavy atom. The molecule has 0 aliphatic carbocycles. The van der Waals surface area contributed by atoms with Gasteiger partial charge in [0, 0.05) is 36.5 Å². The van der Waals surface area contributed by atoms with Gasteiger partial charge in [0.15, 0.2) is 5.69 Å². The van der Waals surface area contributed by atoms with E-state index in [1.54, 1.807) is 24.3 Å². The minimum atomic E-state index is -0.833. The molecule has 1 saturated heterocycles. The minimum absolute atomic E-state index is 0.00225. The summed E-state index contributed by atoms with van der Waals surface area (Å²) in [4.78, 5) is 44.3. The fraction of sp³-hybridized carbons (Fsp3) is 0.308. The SMILES string of the molecule is CC(C)(CN1CCOCC1)NC(=O)c1c(C(N)=O)ncn1-c1ccc(NC(=O)c2ccc(F)cc2Cl)cc1. The van der Waals surface area contributed by atoms with E-state index < -0.39 is 29.1 Å². The molecule has 3 aromatic rings. The van der Waals surface area contributed by atoms with Crippen LogP contribution in [0.15, 0.2) is 48.8 Å². The Bertz CT molecular complexity index is 1350. The van der Waals surface area contributed by atoms with Crippen molar-refractivity contribution in [2.75, 3.05) is 38.2 Å². The van der Waals surface area contributed by atoms with E-state index in [0.717, 1.165) is 25.2 Å². The highest BCUT2D eigenvalue weighted by molar-refractivity contribution is 6.34. The summed E-state index contributed by atoms with van der Waals surface area (Å²) in [6.45, 7) is 7.19. The van der Waals surface area contributed by atoms with E-state index in [1.807, 2.05) is 13.8 Å². The Morgan fingerprint density at radius 1 is 1.11 bits per heavy atom. The summed E-state index contributed by atoms with van der Waals surface area (Å²) in [5, 5.41) is 5.67. The number of aromatic nitrogens is 2. The standard InChI is InChI=1S/C26H28ClFN6O4/c1-26(2,14-33-9-11-38-12-10-33)32-25(37)22-21(23(29)35)30-15-34(22)18-6-4-17(5-7-18)31-24(36)19-8-3-16(28)13-20(19)27/h3-8,13,15H,9-12,14H2,1-2H3,(H2,29,35)(H,31,36)(H,32,37). The Kier molecular flexibility index (Phi) is 8.10. The smallest absolute Gasteiger partial charge is 0.271 e. The van der Waals surface area contributed by atoms with Crippen LogP contribution in [0.4, 0.5) is 10.1 Å². The summed E-state index contributed by atoms with van der Waals surface area (Å²) in [5.74, 6) is -2.39. The number of hydrogen-bond donors (Lipinski definition) is 3. The molecule has 2 heterocycles. The third-order valence-electron chi connectivity index (χ3n) is 5.97. The first kappa shape index (κ1) is 27.2. The maximum absolute atomic E-state index is 13.4. The number of nitrogens with two attached hydrogens (primary N) is 1. The van der Waals surface area contributed by atoms with Gasteiger partial charge in [-0.3, -0.25) is 23.9 Å². The Morgan fingerprint density at radius 3 is 2.42 bits per heavy atom. The summed E-state index contributed by atoms with van der Waals surface area (Å²) < 4.78 is 20.1. The average Bonchev–Trinajstić information content (AvgIpc) is 3.30. The topological polar surface area (TPSA) is 132 Å². The maximum Gasteiger partial charge on any atom is 0.271 e. The molecule has 1 aliphatic heterocycles. The lowest BCUT2D eigenvalue weighted by Gasteiger charge is -2.35. The van der Waals surface area contributed by atoms with Crippen LogP contribution >= 0.6 is 11.6 Å². The first-order valence-electron chi connectivity index (χ1n) is 11.9. The van der Waals surface area contributed by atoms with Gasteiger partial charge in [0.1, 0.15) is 17.8 Å². The lowest BCUT2D eigenvalue weighted by Crippen LogP contribution is -2.54. The molecule has 0 unspecified atom stereocenters. The van der Waals surface area contributed by atoms with Gasteiger partial charge >= 0.3 is 0 Å². The molecule has 0 saturated carbocycles. The zero-order valence-electron chi connectivity index (χ0n) is 21.0. The van der Waals surface area contributed by atoms with Gasteiger partial charge in [0.25, 0.3) is 17.7 Å². The molecule has 38 heavy (non-hydrogen) atoms. The van der Waals surface area contributed by atoms with Crippen LogP contribution in [0.1, 0.15) is 45.2 Å². The Labute approximate surface area is 223 Å². The molecular weight excluding hydrogens is 515 g/mol. The van der Waals surface area contributed by atoms with Crippen molar-refractivity contribution in [3.8, 4) is 5.69 Å². The molecule has 0 atom stereocenters. The normalized spacial score (nSPS) is 14.2. The summed E-state index contributed by atoms with van der Waals surface area (Å²) in [5.41, 5.74) is 5.81. The highest BCUT2D eigenvalue weighted by Crippen LogP contribution is 2.22. The van der Waals surface area contributed by atoms with E-state index in [2.05, 4.69) is 20.5 Å². The molecule has 0 bridgehead atoms. The van der Waals surface area contributed by atoms with Crippen molar-refractivity contribution in [3.63, 3.8) is 0 Å². The molecule has 4 N–H and O–H groups in total. The second-order valence-corrected chi connectivity index (χ2v) is 9.93. The fourth-order valence-corrected chi connectivity index (χ4v) is 4.50. The second-order valence-electron chi connectivity index (χ2n) is 9.53.